The standard InChI is InChI=1S/C15H16BrNO3S/c1-11-7-8-12(16)9-15(11)21(18,19)17(2)13-5-4-6-14(10-13)20-3/h4-10H,1-3H3. The summed E-state index contributed by atoms with van der Waals surface area (Å²) in [7, 11) is -0.543. The Morgan fingerprint density at radius 3 is 2.52 bits per heavy atom. The van der Waals surface area contributed by atoms with Crippen molar-refractivity contribution in [1.29, 1.82) is 0 Å². The van der Waals surface area contributed by atoms with E-state index in [-0.39, 0.29) is 4.90 Å². The van der Waals surface area contributed by atoms with Gasteiger partial charge in [0.2, 0.25) is 0 Å². The maximum atomic E-state index is 12.8. The number of hydrogen-bond acceptors (Lipinski definition) is 3. The van der Waals surface area contributed by atoms with Gasteiger partial charge in [-0.05, 0) is 36.8 Å². The molecule has 0 N–H and O–H groups in total. The average molecular weight is 370 g/mol. The number of nitrogens with zero attached hydrogens (tertiary/aromatic N) is 1. The van der Waals surface area contributed by atoms with Crippen LogP contribution in [0.15, 0.2) is 51.8 Å². The molecular weight excluding hydrogens is 354 g/mol. The van der Waals surface area contributed by atoms with E-state index in [0.717, 1.165) is 4.47 Å². The quantitative estimate of drug-likeness (QED) is 0.826. The van der Waals surface area contributed by atoms with Crippen molar-refractivity contribution in [3.05, 3.63) is 52.5 Å². The number of methoxy groups -OCH3 is 1. The zero-order valence-corrected chi connectivity index (χ0v) is 14.4. The first-order valence-corrected chi connectivity index (χ1v) is 8.48. The summed E-state index contributed by atoms with van der Waals surface area (Å²) in [6.07, 6.45) is 0. The third kappa shape index (κ3) is 3.22. The van der Waals surface area contributed by atoms with E-state index >= 15 is 0 Å². The van der Waals surface area contributed by atoms with Crippen LogP contribution >= 0.6 is 15.9 Å². The second-order valence-corrected chi connectivity index (χ2v) is 7.44. The molecule has 0 aromatic heterocycles. The van der Waals surface area contributed by atoms with Crippen LogP contribution in [0.2, 0.25) is 0 Å². The minimum Gasteiger partial charge on any atom is -0.497 e. The highest BCUT2D eigenvalue weighted by Crippen LogP contribution is 2.28. The highest BCUT2D eigenvalue weighted by Gasteiger charge is 2.23. The van der Waals surface area contributed by atoms with E-state index in [1.165, 1.54) is 11.4 Å². The lowest BCUT2D eigenvalue weighted by Gasteiger charge is -2.21. The molecule has 4 nitrogen and oxygen atoms in total. The second-order valence-electron chi connectivity index (χ2n) is 4.58. The first kappa shape index (κ1) is 15.9. The Bertz CT molecular complexity index is 759. The van der Waals surface area contributed by atoms with Crippen LogP contribution < -0.4 is 9.04 Å². The average Bonchev–Trinajstić information content (AvgIpc) is 2.48. The zero-order valence-electron chi connectivity index (χ0n) is 12.0. The van der Waals surface area contributed by atoms with Crippen LogP contribution in [0.1, 0.15) is 5.56 Å². The molecule has 2 aromatic rings. The third-order valence-corrected chi connectivity index (χ3v) is 5.63. The molecule has 2 rings (SSSR count). The van der Waals surface area contributed by atoms with Crippen molar-refractivity contribution < 1.29 is 13.2 Å². The van der Waals surface area contributed by atoms with E-state index in [0.29, 0.717) is 17.0 Å². The number of sulfonamides is 1. The molecule has 0 spiro atoms. The zero-order chi connectivity index (χ0) is 15.6. The van der Waals surface area contributed by atoms with Crippen molar-refractivity contribution in [2.24, 2.45) is 0 Å². The van der Waals surface area contributed by atoms with Crippen molar-refractivity contribution in [3.63, 3.8) is 0 Å². The van der Waals surface area contributed by atoms with Crippen molar-refractivity contribution in [1.82, 2.24) is 0 Å². The number of halogens is 1. The van der Waals surface area contributed by atoms with E-state index in [2.05, 4.69) is 15.9 Å². The minimum absolute atomic E-state index is 0.280. The second kappa shape index (κ2) is 6.07. The predicted octanol–water partition coefficient (Wildman–Crippen LogP) is 3.59. The Kier molecular flexibility index (Phi) is 4.58. The van der Waals surface area contributed by atoms with Gasteiger partial charge in [0.1, 0.15) is 5.75 Å². The maximum absolute atomic E-state index is 12.8. The molecule has 0 heterocycles. The van der Waals surface area contributed by atoms with Crippen LogP contribution in [0, 0.1) is 6.92 Å². The molecule has 0 saturated heterocycles. The lowest BCUT2D eigenvalue weighted by molar-refractivity contribution is 0.415. The lowest BCUT2D eigenvalue weighted by Crippen LogP contribution is -2.27. The van der Waals surface area contributed by atoms with Crippen molar-refractivity contribution in [2.45, 2.75) is 11.8 Å². The molecule has 0 saturated carbocycles. The van der Waals surface area contributed by atoms with Crippen molar-refractivity contribution in [3.8, 4) is 5.75 Å². The monoisotopic (exact) mass is 369 g/mol. The SMILES string of the molecule is COc1cccc(N(C)S(=O)(=O)c2cc(Br)ccc2C)c1. The van der Waals surface area contributed by atoms with E-state index in [4.69, 9.17) is 4.74 Å². The van der Waals surface area contributed by atoms with E-state index in [1.54, 1.807) is 50.4 Å². The van der Waals surface area contributed by atoms with Crippen LogP contribution in [0.4, 0.5) is 5.69 Å². The number of hydrogen-bond donors (Lipinski definition) is 0. The van der Waals surface area contributed by atoms with E-state index < -0.39 is 10.0 Å². The Labute approximate surface area is 133 Å². The summed E-state index contributed by atoms with van der Waals surface area (Å²) in [5, 5.41) is 0. The molecule has 0 aliphatic rings. The van der Waals surface area contributed by atoms with Crippen LogP contribution in [-0.4, -0.2) is 22.6 Å². The molecule has 6 heteroatoms. The molecule has 0 atom stereocenters. The third-order valence-electron chi connectivity index (χ3n) is 3.21. The molecule has 0 aliphatic carbocycles. The molecular formula is C15H16BrNO3S. The molecule has 21 heavy (non-hydrogen) atoms. The van der Waals surface area contributed by atoms with Crippen LogP contribution in [0.25, 0.3) is 0 Å². The minimum atomic E-state index is -3.62. The van der Waals surface area contributed by atoms with E-state index in [1.807, 2.05) is 6.07 Å². The molecule has 0 radical (unpaired) electrons. The lowest BCUT2D eigenvalue weighted by atomic mass is 10.2. The van der Waals surface area contributed by atoms with Crippen molar-refractivity contribution in [2.75, 3.05) is 18.5 Å². The molecule has 0 aliphatic heterocycles. The Morgan fingerprint density at radius 2 is 1.86 bits per heavy atom. The van der Waals surface area contributed by atoms with E-state index in [9.17, 15) is 8.42 Å². The van der Waals surface area contributed by atoms with Gasteiger partial charge in [0.25, 0.3) is 10.0 Å². The number of aryl methyl sites for hydroxylation is 1. The molecule has 2 aromatic carbocycles. The predicted molar refractivity (Wildman–Crippen MR) is 87.5 cm³/mol. The molecule has 0 fully saturated rings. The summed E-state index contributed by atoms with van der Waals surface area (Å²) >= 11 is 3.31. The summed E-state index contributed by atoms with van der Waals surface area (Å²) in [6, 6.07) is 12.2. The summed E-state index contributed by atoms with van der Waals surface area (Å²) < 4.78 is 32.7. The molecule has 0 amide bonds. The summed E-state index contributed by atoms with van der Waals surface area (Å²) in [5.41, 5.74) is 1.25. The first-order valence-electron chi connectivity index (χ1n) is 6.25. The maximum Gasteiger partial charge on any atom is 0.264 e. The fraction of sp³-hybridized carbons (Fsp3) is 0.200. The topological polar surface area (TPSA) is 46.6 Å². The number of benzene rings is 2. The number of anilines is 1. The van der Waals surface area contributed by atoms with Gasteiger partial charge in [-0.2, -0.15) is 0 Å². The highest BCUT2D eigenvalue weighted by molar-refractivity contribution is 9.10. The van der Waals surface area contributed by atoms with Gasteiger partial charge in [0.15, 0.2) is 0 Å². The Morgan fingerprint density at radius 1 is 1.14 bits per heavy atom. The number of ether oxygens (including phenoxy) is 1. The van der Waals surface area contributed by atoms with Crippen molar-refractivity contribution >= 4 is 31.6 Å². The molecule has 0 unspecified atom stereocenters. The van der Waals surface area contributed by atoms with Gasteiger partial charge in [0, 0.05) is 17.6 Å². The summed E-state index contributed by atoms with van der Waals surface area (Å²) in [6.45, 7) is 1.78. The fourth-order valence-electron chi connectivity index (χ4n) is 1.94. The van der Waals surface area contributed by atoms with Gasteiger partial charge in [-0.3, -0.25) is 4.31 Å². The van der Waals surface area contributed by atoms with Gasteiger partial charge in [0.05, 0.1) is 17.7 Å². The van der Waals surface area contributed by atoms with Gasteiger partial charge in [-0.1, -0.05) is 28.1 Å². The van der Waals surface area contributed by atoms with Crippen LogP contribution in [-0.2, 0) is 10.0 Å². The van der Waals surface area contributed by atoms with Crippen LogP contribution in [0.3, 0.4) is 0 Å². The summed E-state index contributed by atoms with van der Waals surface area (Å²) in [4.78, 5) is 0.280. The van der Waals surface area contributed by atoms with Gasteiger partial charge >= 0.3 is 0 Å². The van der Waals surface area contributed by atoms with Gasteiger partial charge < -0.3 is 4.74 Å². The fourth-order valence-corrected chi connectivity index (χ4v) is 3.89. The van der Waals surface area contributed by atoms with Gasteiger partial charge in [-0.25, -0.2) is 8.42 Å². The highest BCUT2D eigenvalue weighted by atomic mass is 79.9. The smallest absolute Gasteiger partial charge is 0.264 e. The normalized spacial score (nSPS) is 11.2. The number of rotatable bonds is 4. The molecule has 0 bridgehead atoms. The summed E-state index contributed by atoms with van der Waals surface area (Å²) in [5.74, 6) is 0.612. The molecule has 112 valence electrons. The van der Waals surface area contributed by atoms with Gasteiger partial charge in [-0.15, -0.1) is 0 Å². The van der Waals surface area contributed by atoms with Crippen LogP contribution in [0.5, 0.6) is 5.75 Å². The Balaban J connectivity index is 2.49. The largest absolute Gasteiger partial charge is 0.497 e. The Hall–Kier alpha value is -1.53. The first-order chi connectivity index (χ1) is 9.86.